The molecule has 0 radical (unpaired) electrons. The van der Waals surface area contributed by atoms with Gasteiger partial charge in [0.15, 0.2) is 6.10 Å². The van der Waals surface area contributed by atoms with E-state index in [1.54, 1.807) is 50.2 Å². The molecule has 0 spiro atoms. The lowest BCUT2D eigenvalue weighted by Gasteiger charge is -2.40. The number of amides is 3. The quantitative estimate of drug-likeness (QED) is 0.248. The van der Waals surface area contributed by atoms with E-state index in [-0.39, 0.29) is 29.7 Å². The highest BCUT2D eigenvalue weighted by molar-refractivity contribution is 7.89. The number of piperazine rings is 1. The van der Waals surface area contributed by atoms with Crippen molar-refractivity contribution in [2.45, 2.75) is 100 Å². The van der Waals surface area contributed by atoms with Crippen molar-refractivity contribution in [2.24, 2.45) is 5.92 Å². The third kappa shape index (κ3) is 8.25. The highest BCUT2D eigenvalue weighted by Crippen LogP contribution is 2.34. The second-order valence-corrected chi connectivity index (χ2v) is 17.5. The van der Waals surface area contributed by atoms with E-state index in [0.29, 0.717) is 61.0 Å². The van der Waals surface area contributed by atoms with Crippen molar-refractivity contribution in [1.82, 2.24) is 24.6 Å². The fourth-order valence-corrected chi connectivity index (χ4v) is 11.2. The van der Waals surface area contributed by atoms with Gasteiger partial charge in [0.1, 0.15) is 11.8 Å². The van der Waals surface area contributed by atoms with Crippen LogP contribution in [0.15, 0.2) is 41.3 Å². The van der Waals surface area contributed by atoms with Gasteiger partial charge < -0.3 is 25.4 Å². The van der Waals surface area contributed by atoms with Gasteiger partial charge in [-0.1, -0.05) is 30.3 Å². The molecule has 51 heavy (non-hydrogen) atoms. The third-order valence-electron chi connectivity index (χ3n) is 10.6. The fourth-order valence-electron chi connectivity index (χ4n) is 7.86. The molecule has 0 aromatic heterocycles. The molecule has 2 aromatic carbocycles. The summed E-state index contributed by atoms with van der Waals surface area (Å²) < 4.78 is 63.0. The molecule has 3 aliphatic rings. The fraction of sp³-hybridized carbons (Fsp3) is 0.571. The summed E-state index contributed by atoms with van der Waals surface area (Å²) in [5.41, 5.74) is 2.52. The van der Waals surface area contributed by atoms with Gasteiger partial charge in [0.05, 0.1) is 30.3 Å². The maximum Gasteiger partial charge on any atom is 0.250 e. The molecule has 3 amide bonds. The number of hydrogen-bond donors (Lipinski definition) is 4. The number of ether oxygens (including phenoxy) is 1. The Labute approximate surface area is 300 Å². The number of likely N-dealkylation sites (N-methyl/N-ethyl adjacent to an activating group) is 1. The van der Waals surface area contributed by atoms with E-state index < -0.39 is 68.0 Å². The number of aliphatic hydroxyl groups excluding tert-OH is 1. The summed E-state index contributed by atoms with van der Waals surface area (Å²) in [5, 5.41) is 16.4. The van der Waals surface area contributed by atoms with Crippen molar-refractivity contribution in [3.8, 4) is 5.75 Å². The molecule has 1 aliphatic carbocycles. The molecule has 2 aromatic rings. The molecule has 2 heterocycles. The van der Waals surface area contributed by atoms with E-state index in [0.717, 1.165) is 5.56 Å². The molecule has 0 bridgehead atoms. The summed E-state index contributed by atoms with van der Waals surface area (Å²) in [5.74, 6) is -1.67. The summed E-state index contributed by atoms with van der Waals surface area (Å²) in [4.78, 5) is 41.5. The molecule has 2 aliphatic heterocycles. The number of carbonyl (C=O) groups is 3. The molecule has 5 rings (SSSR count). The van der Waals surface area contributed by atoms with Crippen molar-refractivity contribution >= 4 is 37.8 Å². The van der Waals surface area contributed by atoms with Crippen LogP contribution in [0.5, 0.6) is 5.75 Å². The van der Waals surface area contributed by atoms with Gasteiger partial charge in [-0.05, 0) is 93.5 Å². The Kier molecular flexibility index (Phi) is 11.8. The summed E-state index contributed by atoms with van der Waals surface area (Å²) in [6.45, 7) is 4.97. The normalized spacial score (nSPS) is 24.0. The average molecular weight is 748 g/mol. The Morgan fingerprint density at radius 2 is 1.65 bits per heavy atom. The summed E-state index contributed by atoms with van der Waals surface area (Å²) >= 11 is 0. The lowest BCUT2D eigenvalue weighted by Crippen LogP contribution is -2.62. The van der Waals surface area contributed by atoms with Gasteiger partial charge in [0.25, 0.3) is 5.91 Å². The minimum atomic E-state index is -3.88. The maximum absolute atomic E-state index is 13.8. The molecule has 1 saturated carbocycles. The van der Waals surface area contributed by atoms with Crippen LogP contribution in [0.3, 0.4) is 0 Å². The van der Waals surface area contributed by atoms with Gasteiger partial charge in [0, 0.05) is 25.7 Å². The van der Waals surface area contributed by atoms with Crippen molar-refractivity contribution in [3.63, 3.8) is 0 Å². The molecule has 3 fully saturated rings. The second-order valence-electron chi connectivity index (χ2n) is 13.9. The largest absolute Gasteiger partial charge is 0.496 e. The number of methoxy groups -OCH3 is 1. The zero-order valence-corrected chi connectivity index (χ0v) is 31.3. The van der Waals surface area contributed by atoms with Crippen LogP contribution in [0.2, 0.25) is 0 Å². The van der Waals surface area contributed by atoms with Crippen LogP contribution in [0.4, 0.5) is 0 Å². The Hall–Kier alpha value is -3.57. The lowest BCUT2D eigenvalue weighted by molar-refractivity contribution is -0.144. The first-order valence-corrected chi connectivity index (χ1v) is 20.4. The van der Waals surface area contributed by atoms with Crippen LogP contribution in [-0.4, -0.2) is 106 Å². The van der Waals surface area contributed by atoms with Gasteiger partial charge in [-0.3, -0.25) is 14.4 Å². The average Bonchev–Trinajstić information content (AvgIpc) is 3.53. The maximum atomic E-state index is 13.8. The van der Waals surface area contributed by atoms with E-state index in [1.165, 1.54) is 23.4 Å². The van der Waals surface area contributed by atoms with Crippen LogP contribution >= 0.6 is 0 Å². The van der Waals surface area contributed by atoms with Gasteiger partial charge in [-0.15, -0.1) is 0 Å². The van der Waals surface area contributed by atoms with Crippen LogP contribution in [0.1, 0.15) is 60.8 Å². The van der Waals surface area contributed by atoms with Gasteiger partial charge in [0.2, 0.25) is 31.9 Å². The molecule has 2 saturated heterocycles. The van der Waals surface area contributed by atoms with Crippen LogP contribution in [0.25, 0.3) is 0 Å². The summed E-state index contributed by atoms with van der Waals surface area (Å²) in [6, 6.07) is 7.66. The summed E-state index contributed by atoms with van der Waals surface area (Å²) in [7, 11) is -4.75. The van der Waals surface area contributed by atoms with Gasteiger partial charge in [-0.25, -0.2) is 21.6 Å². The molecule has 2 unspecified atom stereocenters. The van der Waals surface area contributed by atoms with Crippen LogP contribution in [-0.2, 0) is 40.2 Å². The molecule has 4 atom stereocenters. The zero-order chi connectivity index (χ0) is 37.2. The number of nitrogens with one attached hydrogen (secondary N) is 3. The number of aryl methyl sites for hydroxylation is 1. The Balaban J connectivity index is 1.24. The second kappa shape index (κ2) is 15.6. The number of rotatable bonds is 12. The zero-order valence-electron chi connectivity index (χ0n) is 29.7. The monoisotopic (exact) mass is 747 g/mol. The van der Waals surface area contributed by atoms with E-state index in [9.17, 15) is 36.3 Å². The van der Waals surface area contributed by atoms with Crippen molar-refractivity contribution in [1.29, 1.82) is 0 Å². The molecule has 14 nitrogen and oxygen atoms in total. The SMILES string of the molecule is CNC(=O)C(O)C(NC(=O)[C@@H]1CC[C@H]2CN(S(=O)(=O)Cc3ccccc3)CC(=O)N21)C1CCC(NS(=O)(=O)c2c(C)cc(OC)c(C)c2C)CC1. The first-order chi connectivity index (χ1) is 24.1. The smallest absolute Gasteiger partial charge is 0.250 e. The first-order valence-electron chi connectivity index (χ1n) is 17.3. The predicted octanol–water partition coefficient (Wildman–Crippen LogP) is 1.25. The van der Waals surface area contributed by atoms with E-state index in [1.807, 2.05) is 6.92 Å². The topological polar surface area (TPSA) is 192 Å². The molecule has 4 N–H and O–H groups in total. The Bertz CT molecular complexity index is 1850. The number of aliphatic hydroxyl groups is 1. The van der Waals surface area contributed by atoms with E-state index >= 15 is 0 Å². The number of nitrogens with zero attached hydrogens (tertiary/aromatic N) is 2. The number of benzene rings is 2. The molecule has 280 valence electrons. The van der Waals surface area contributed by atoms with E-state index in [4.69, 9.17) is 4.74 Å². The van der Waals surface area contributed by atoms with E-state index in [2.05, 4.69) is 15.4 Å². The number of hydrogen-bond acceptors (Lipinski definition) is 9. The van der Waals surface area contributed by atoms with Crippen LogP contribution in [0, 0.1) is 26.7 Å². The number of sulfonamides is 2. The standard InChI is InChI=1S/C35H49N5O9S2/c1-21-17-29(49-5)22(2)23(3)33(21)51(47,48)38-26-13-11-25(12-14-26)31(32(42)35(44)36-4)37-34(43)28-16-15-27-18-39(19-30(41)40(27)28)50(45,46)20-24-9-7-6-8-10-24/h6-10,17,25-28,31-32,38,42H,11-16,18-20H2,1-5H3,(H,36,44)(H,37,43)/t25?,26?,27-,28-,31?,32?/m0/s1. The minimum Gasteiger partial charge on any atom is -0.496 e. The Morgan fingerprint density at radius 1 is 0.980 bits per heavy atom. The van der Waals surface area contributed by atoms with Gasteiger partial charge in [-0.2, -0.15) is 4.31 Å². The van der Waals surface area contributed by atoms with Gasteiger partial charge >= 0.3 is 0 Å². The third-order valence-corrected chi connectivity index (χ3v) is 14.2. The van der Waals surface area contributed by atoms with Crippen molar-refractivity contribution < 1.29 is 41.1 Å². The Morgan fingerprint density at radius 3 is 2.27 bits per heavy atom. The molecular weight excluding hydrogens is 699 g/mol. The molecule has 16 heteroatoms. The van der Waals surface area contributed by atoms with Crippen molar-refractivity contribution in [3.05, 3.63) is 58.7 Å². The molecular formula is C35H49N5O9S2. The number of carbonyl (C=O) groups excluding carboxylic acids is 3. The summed E-state index contributed by atoms with van der Waals surface area (Å²) in [6.07, 6.45) is 0.780. The minimum absolute atomic E-state index is 0.0735. The lowest BCUT2D eigenvalue weighted by atomic mass is 9.79. The van der Waals surface area contributed by atoms with Crippen molar-refractivity contribution in [2.75, 3.05) is 27.2 Å². The first kappa shape index (κ1) is 38.7. The number of fused-ring (bicyclic) bond motifs is 1. The highest BCUT2D eigenvalue weighted by atomic mass is 32.2. The predicted molar refractivity (Wildman–Crippen MR) is 190 cm³/mol. The van der Waals surface area contributed by atoms with Crippen LogP contribution < -0.4 is 20.1 Å². The highest BCUT2D eigenvalue weighted by Gasteiger charge is 2.48.